The molecule has 1 aliphatic heterocycles. The van der Waals surface area contributed by atoms with E-state index in [-0.39, 0.29) is 53.8 Å². The summed E-state index contributed by atoms with van der Waals surface area (Å²) < 4.78 is 11.6. The summed E-state index contributed by atoms with van der Waals surface area (Å²) in [7, 11) is 0. The average molecular weight is 850 g/mol. The van der Waals surface area contributed by atoms with Gasteiger partial charge in [0.2, 0.25) is 11.8 Å². The standard InChI is InChI=1S/C37H67N5O6.C8H14O.C2H6O/c1-7-9-19-29(25-33(45)37(5,6)23-15-20-30(28-17-14-18-28)42-35(47)31(43)8-2)48-27(4)32(44)21-10-11-22-34(46)41-26(3)16-12-13-24-40-36(38)39;1-6-4-5-9-8(3)7(6)2;1-2-3/h10-11,21-22,26-31,33,43,45H,7-9,12-20,23-25H2,1-6H3,(H,41,46)(H,42,47)(H4,38,39,40);7-8H,1,4-5H2,2-3H3;3H,2H2,1H3/b21-10+,22-11+;;/t26-,27?,29-,30?,31?,33?;7-,8-;/m11./s1. The van der Waals surface area contributed by atoms with E-state index in [9.17, 15) is 24.6 Å². The number of hydrogen-bond donors (Lipinski definition) is 7. The van der Waals surface area contributed by atoms with E-state index in [1.807, 2.05) is 6.92 Å². The van der Waals surface area contributed by atoms with Gasteiger partial charge in [0.25, 0.3) is 0 Å². The summed E-state index contributed by atoms with van der Waals surface area (Å²) in [6.07, 6.45) is 16.5. The summed E-state index contributed by atoms with van der Waals surface area (Å²) in [5.74, 6) is 0.354. The number of ether oxygens (including phenoxy) is 2. The van der Waals surface area contributed by atoms with Gasteiger partial charge in [0.15, 0.2) is 11.7 Å². The van der Waals surface area contributed by atoms with E-state index in [0.29, 0.717) is 37.3 Å². The molecule has 0 spiro atoms. The molecule has 1 heterocycles. The minimum atomic E-state index is -0.974. The van der Waals surface area contributed by atoms with Crippen LogP contribution in [0.5, 0.6) is 0 Å². The molecule has 0 radical (unpaired) electrons. The zero-order chi connectivity index (χ0) is 45.7. The zero-order valence-corrected chi connectivity index (χ0v) is 38.9. The fourth-order valence-corrected chi connectivity index (χ4v) is 6.92. The van der Waals surface area contributed by atoms with E-state index in [4.69, 9.17) is 26.0 Å². The van der Waals surface area contributed by atoms with Crippen molar-refractivity contribution in [1.29, 1.82) is 0 Å². The molecule has 348 valence electrons. The Morgan fingerprint density at radius 3 is 2.18 bits per heavy atom. The maximum Gasteiger partial charge on any atom is 0.249 e. The number of unbranched alkanes of at least 4 members (excludes halogenated alkanes) is 2. The van der Waals surface area contributed by atoms with Crippen LogP contribution in [-0.2, 0) is 23.9 Å². The number of rotatable bonds is 26. The molecular weight excluding hydrogens is 763 g/mol. The van der Waals surface area contributed by atoms with Gasteiger partial charge in [0.1, 0.15) is 12.2 Å². The SMILES string of the molecule is C=C1CCO[C@H](C)[C@@H]1C.CCCC[C@H](CC(O)C(C)(C)CCCC(NC(=O)C(O)CC)C1CCC1)OC(C)C(=O)/C=C/C=C/C(=O)N[C@H](C)CCCCN=C(N)N.CCO. The number of amides is 2. The van der Waals surface area contributed by atoms with E-state index < -0.39 is 18.3 Å². The number of ketones is 1. The fraction of sp³-hybridized carbons (Fsp3) is 0.787. The van der Waals surface area contributed by atoms with Crippen molar-refractivity contribution in [1.82, 2.24) is 10.6 Å². The molecule has 2 rings (SSSR count). The molecule has 2 amide bonds. The van der Waals surface area contributed by atoms with Crippen LogP contribution >= 0.6 is 0 Å². The lowest BCUT2D eigenvalue weighted by Crippen LogP contribution is -2.46. The molecule has 4 unspecified atom stereocenters. The Labute approximate surface area is 363 Å². The minimum Gasteiger partial charge on any atom is -0.397 e. The van der Waals surface area contributed by atoms with E-state index in [1.54, 1.807) is 32.9 Å². The summed E-state index contributed by atoms with van der Waals surface area (Å²) in [6, 6.07) is 0.0469. The summed E-state index contributed by atoms with van der Waals surface area (Å²) in [5, 5.41) is 34.8. The van der Waals surface area contributed by atoms with Crippen LogP contribution in [0.25, 0.3) is 0 Å². The van der Waals surface area contributed by atoms with Gasteiger partial charge in [-0.1, -0.05) is 84.6 Å². The maximum absolute atomic E-state index is 12.8. The van der Waals surface area contributed by atoms with Crippen molar-refractivity contribution in [2.75, 3.05) is 19.8 Å². The monoisotopic (exact) mass is 850 g/mol. The summed E-state index contributed by atoms with van der Waals surface area (Å²) in [5.41, 5.74) is 11.6. The van der Waals surface area contributed by atoms with Crippen molar-refractivity contribution >= 4 is 23.6 Å². The van der Waals surface area contributed by atoms with E-state index in [0.717, 1.165) is 83.7 Å². The average Bonchev–Trinajstić information content (AvgIpc) is 3.16. The van der Waals surface area contributed by atoms with Gasteiger partial charge in [-0.25, -0.2) is 0 Å². The van der Waals surface area contributed by atoms with Crippen molar-refractivity contribution in [3.63, 3.8) is 0 Å². The summed E-state index contributed by atoms with van der Waals surface area (Å²) >= 11 is 0. The number of nitrogens with zero attached hydrogens (tertiary/aromatic N) is 1. The molecule has 2 aliphatic rings. The lowest BCUT2D eigenvalue weighted by Gasteiger charge is -2.37. The maximum atomic E-state index is 12.8. The molecule has 60 heavy (non-hydrogen) atoms. The smallest absolute Gasteiger partial charge is 0.249 e. The Morgan fingerprint density at radius 1 is 0.983 bits per heavy atom. The number of guanidine groups is 1. The quantitative estimate of drug-likeness (QED) is 0.0124. The molecule has 9 N–H and O–H groups in total. The molecule has 0 aromatic carbocycles. The number of aliphatic hydroxyl groups excluding tert-OH is 3. The van der Waals surface area contributed by atoms with Crippen molar-refractivity contribution in [2.24, 2.45) is 33.7 Å². The molecule has 13 heteroatoms. The first kappa shape index (κ1) is 56.9. The number of allylic oxidation sites excluding steroid dienone is 2. The Morgan fingerprint density at radius 2 is 1.63 bits per heavy atom. The number of hydrogen-bond acceptors (Lipinski definition) is 9. The van der Waals surface area contributed by atoms with Crippen molar-refractivity contribution in [3.05, 3.63) is 36.5 Å². The van der Waals surface area contributed by atoms with Crippen molar-refractivity contribution < 1.29 is 39.2 Å². The first-order chi connectivity index (χ1) is 28.3. The van der Waals surface area contributed by atoms with Crippen LogP contribution in [0.4, 0.5) is 0 Å². The second kappa shape index (κ2) is 32.6. The Kier molecular flexibility index (Phi) is 30.9. The molecule has 0 aromatic heterocycles. The molecule has 2 fully saturated rings. The zero-order valence-electron chi connectivity index (χ0n) is 38.9. The summed E-state index contributed by atoms with van der Waals surface area (Å²) in [6.45, 7) is 23.3. The molecule has 8 atom stereocenters. The van der Waals surface area contributed by atoms with Crippen LogP contribution < -0.4 is 22.1 Å². The van der Waals surface area contributed by atoms with Crippen LogP contribution in [0.15, 0.2) is 41.4 Å². The molecule has 0 aromatic rings. The largest absolute Gasteiger partial charge is 0.397 e. The van der Waals surface area contributed by atoms with E-state index >= 15 is 0 Å². The number of carbonyl (C=O) groups is 3. The predicted octanol–water partition coefficient (Wildman–Crippen LogP) is 6.57. The fourth-order valence-electron chi connectivity index (χ4n) is 6.92. The van der Waals surface area contributed by atoms with Gasteiger partial charge in [-0.3, -0.25) is 19.4 Å². The number of carbonyl (C=O) groups excluding carboxylic acids is 3. The van der Waals surface area contributed by atoms with Gasteiger partial charge in [-0.05, 0) is 109 Å². The lowest BCUT2D eigenvalue weighted by atomic mass is 9.75. The Balaban J connectivity index is 0.00000248. The molecule has 1 saturated heterocycles. The Bertz CT molecular complexity index is 1300. The van der Waals surface area contributed by atoms with Gasteiger partial charge in [-0.2, -0.15) is 0 Å². The van der Waals surface area contributed by atoms with Crippen LogP contribution in [0, 0.1) is 17.3 Å². The number of nitrogens with two attached hydrogens (primary N) is 2. The second-order valence-corrected chi connectivity index (χ2v) is 17.3. The van der Waals surface area contributed by atoms with Crippen LogP contribution in [0.2, 0.25) is 0 Å². The third-order valence-electron chi connectivity index (χ3n) is 11.6. The highest BCUT2D eigenvalue weighted by Gasteiger charge is 2.33. The van der Waals surface area contributed by atoms with Gasteiger partial charge in [0, 0.05) is 43.7 Å². The van der Waals surface area contributed by atoms with Gasteiger partial charge >= 0.3 is 0 Å². The van der Waals surface area contributed by atoms with Gasteiger partial charge in [-0.15, -0.1) is 0 Å². The molecule has 1 aliphatic carbocycles. The first-order valence-electron chi connectivity index (χ1n) is 22.8. The van der Waals surface area contributed by atoms with Crippen molar-refractivity contribution in [3.8, 4) is 0 Å². The topological polar surface area (TPSA) is 219 Å². The summed E-state index contributed by atoms with van der Waals surface area (Å²) in [4.78, 5) is 41.3. The second-order valence-electron chi connectivity index (χ2n) is 17.3. The highest BCUT2D eigenvalue weighted by atomic mass is 16.5. The van der Waals surface area contributed by atoms with Crippen LogP contribution in [0.1, 0.15) is 159 Å². The lowest BCUT2D eigenvalue weighted by molar-refractivity contribution is -0.131. The molecule has 0 bridgehead atoms. The molecule has 13 nitrogen and oxygen atoms in total. The number of aliphatic hydroxyl groups is 3. The third kappa shape index (κ3) is 25.6. The normalized spacial score (nSPS) is 20.0. The molecular formula is C47H87N5O8. The van der Waals surface area contributed by atoms with Crippen molar-refractivity contribution in [2.45, 2.75) is 201 Å². The van der Waals surface area contributed by atoms with Crippen LogP contribution in [0.3, 0.4) is 0 Å². The minimum absolute atomic E-state index is 0.00163. The van der Waals surface area contributed by atoms with E-state index in [1.165, 1.54) is 24.1 Å². The molecule has 1 saturated carbocycles. The highest BCUT2D eigenvalue weighted by molar-refractivity contribution is 5.94. The Hall–Kier alpha value is -3.10. The van der Waals surface area contributed by atoms with Gasteiger partial charge in [0.05, 0.1) is 24.9 Å². The third-order valence-corrected chi connectivity index (χ3v) is 11.6. The first-order valence-corrected chi connectivity index (χ1v) is 22.8. The van der Waals surface area contributed by atoms with E-state index in [2.05, 4.69) is 56.8 Å². The van der Waals surface area contributed by atoms with Gasteiger partial charge < -0.3 is 46.9 Å². The highest BCUT2D eigenvalue weighted by Crippen LogP contribution is 2.35. The number of aliphatic imine (C=N–C) groups is 1. The predicted molar refractivity (Wildman–Crippen MR) is 244 cm³/mol. The number of nitrogens with one attached hydrogen (secondary N) is 2. The van der Waals surface area contributed by atoms with Crippen LogP contribution in [-0.4, -0.2) is 101 Å².